The van der Waals surface area contributed by atoms with E-state index in [1.54, 1.807) is 0 Å². The van der Waals surface area contributed by atoms with Gasteiger partial charge in [0.2, 0.25) is 0 Å². The van der Waals surface area contributed by atoms with Crippen LogP contribution in [0.15, 0.2) is 11.4 Å². The van der Waals surface area contributed by atoms with E-state index in [1.807, 2.05) is 0 Å². The van der Waals surface area contributed by atoms with E-state index in [4.69, 9.17) is 29.4 Å². The van der Waals surface area contributed by atoms with Gasteiger partial charge in [-0.3, -0.25) is 13.7 Å². The van der Waals surface area contributed by atoms with Crippen LogP contribution in [0.1, 0.15) is 0 Å². The van der Waals surface area contributed by atoms with Crippen LogP contribution in [0, 0.1) is 0 Å². The van der Waals surface area contributed by atoms with Crippen molar-refractivity contribution in [3.05, 3.63) is 11.4 Å². The highest BCUT2D eigenvalue weighted by Gasteiger charge is 2.29. The first-order chi connectivity index (χ1) is 6.81. The Bertz CT molecular complexity index is 406. The molecule has 0 spiro atoms. The van der Waals surface area contributed by atoms with E-state index in [1.165, 1.54) is 0 Å². The molecule has 0 bridgehead atoms. The summed E-state index contributed by atoms with van der Waals surface area (Å²) in [6.45, 7) is 0. The molecule has 6 N–H and O–H groups in total. The Morgan fingerprint density at radius 1 is 0.875 bits per heavy atom. The lowest BCUT2D eigenvalue weighted by Gasteiger charge is -2.11. The largest absolute Gasteiger partial charge is 0.352 e. The number of hydrogen-bond donors (Lipinski definition) is 6. The maximum Gasteiger partial charge on any atom is 0.352 e. The van der Waals surface area contributed by atoms with Crippen LogP contribution in [0.2, 0.25) is 0 Å². The fourth-order valence-corrected chi connectivity index (χ4v) is 3.48. The van der Waals surface area contributed by atoms with Crippen LogP contribution in [0.5, 0.6) is 0 Å². The monoisotopic (exact) mass is 296 g/mol. The Morgan fingerprint density at radius 3 is 1.56 bits per heavy atom. The minimum Gasteiger partial charge on any atom is -0.324 e. The molecule has 0 aliphatic rings. The second-order valence-electron chi connectivity index (χ2n) is 2.91. The molecule has 0 amide bonds. The van der Waals surface area contributed by atoms with Gasteiger partial charge in [-0.1, -0.05) is 6.08 Å². The van der Waals surface area contributed by atoms with Gasteiger partial charge < -0.3 is 29.4 Å². The van der Waals surface area contributed by atoms with Gasteiger partial charge in [0, 0.05) is 0 Å². The lowest BCUT2D eigenvalue weighted by Crippen LogP contribution is -1.97. The molecular weight excluding hydrogens is 285 g/mol. The minimum atomic E-state index is -4.93. The minimum absolute atomic E-state index is 0.459. The predicted molar refractivity (Wildman–Crippen MR) is 53.9 cm³/mol. The van der Waals surface area contributed by atoms with Crippen molar-refractivity contribution >= 4 is 22.8 Å². The Balaban J connectivity index is 5.06. The van der Waals surface area contributed by atoms with Crippen LogP contribution in [0.3, 0.4) is 0 Å². The third-order valence-electron chi connectivity index (χ3n) is 1.31. The molecule has 0 saturated heterocycles. The van der Waals surface area contributed by atoms with Gasteiger partial charge in [-0.05, 0) is 0 Å². The molecule has 0 heterocycles. The Kier molecular flexibility index (Phi) is 5.29. The van der Waals surface area contributed by atoms with Crippen molar-refractivity contribution in [3.8, 4) is 0 Å². The molecule has 0 saturated carbocycles. The molecule has 0 unspecified atom stereocenters. The maximum atomic E-state index is 10.8. The summed E-state index contributed by atoms with van der Waals surface area (Å²) in [4.78, 5) is 51.3. The van der Waals surface area contributed by atoms with Crippen molar-refractivity contribution in [1.82, 2.24) is 0 Å². The van der Waals surface area contributed by atoms with Gasteiger partial charge in [-0.25, -0.2) is 0 Å². The molecule has 0 aliphatic carbocycles. The zero-order valence-electron chi connectivity index (χ0n) is 7.74. The van der Waals surface area contributed by atoms with Crippen LogP contribution in [0.25, 0.3) is 0 Å². The summed E-state index contributed by atoms with van der Waals surface area (Å²) in [5, 5.41) is -0.982. The molecule has 0 aromatic rings. The van der Waals surface area contributed by atoms with E-state index in [0.717, 1.165) is 0 Å². The van der Waals surface area contributed by atoms with Crippen molar-refractivity contribution in [1.29, 1.82) is 0 Å². The summed E-state index contributed by atoms with van der Waals surface area (Å²) in [5.74, 6) is 0. The average Bonchev–Trinajstić information content (AvgIpc) is 1.91. The smallest absolute Gasteiger partial charge is 0.324 e. The first-order valence-corrected chi connectivity index (χ1v) is 8.86. The molecule has 0 aromatic heterocycles. The Labute approximate surface area is 90.3 Å². The van der Waals surface area contributed by atoms with Crippen molar-refractivity contribution in [3.63, 3.8) is 0 Å². The van der Waals surface area contributed by atoms with Crippen LogP contribution >= 0.6 is 22.8 Å². The first-order valence-electron chi connectivity index (χ1n) is 3.65. The zero-order valence-corrected chi connectivity index (χ0v) is 10.4. The molecule has 96 valence electrons. The second-order valence-corrected chi connectivity index (χ2v) is 7.91. The summed E-state index contributed by atoms with van der Waals surface area (Å²) in [7, 11) is -14.2. The summed E-state index contributed by atoms with van der Waals surface area (Å²) < 4.78 is 31.7. The molecule has 16 heavy (non-hydrogen) atoms. The van der Waals surface area contributed by atoms with Crippen molar-refractivity contribution in [2.24, 2.45) is 0 Å². The van der Waals surface area contributed by atoms with Gasteiger partial charge >= 0.3 is 22.8 Å². The van der Waals surface area contributed by atoms with Crippen LogP contribution in [-0.4, -0.2) is 41.7 Å². The molecule has 0 radical (unpaired) electrons. The summed E-state index contributed by atoms with van der Waals surface area (Å²) in [6, 6.07) is 0. The number of rotatable bonds is 5. The van der Waals surface area contributed by atoms with E-state index in [9.17, 15) is 13.7 Å². The third-order valence-corrected chi connectivity index (χ3v) is 4.06. The summed E-state index contributed by atoms with van der Waals surface area (Å²) in [6.07, 6.45) is -1.77. The Morgan fingerprint density at radius 2 is 1.31 bits per heavy atom. The topological polar surface area (TPSA) is 173 Å². The standard InChI is InChI=1S/C4H11O9P3/c5-14(6,7)2-1-4(16(11,12)13)3-15(8,9)10/h1H,2-3H2,(H2,5,6,7)(H2,8,9,10)(H2,11,12,13)/b4-1-. The van der Waals surface area contributed by atoms with Gasteiger partial charge in [0.05, 0.1) is 17.6 Å². The Hall–Kier alpha value is 0.190. The van der Waals surface area contributed by atoms with E-state index in [0.29, 0.717) is 6.08 Å². The van der Waals surface area contributed by atoms with E-state index < -0.39 is 40.4 Å². The maximum absolute atomic E-state index is 10.8. The van der Waals surface area contributed by atoms with Crippen LogP contribution in [-0.2, 0) is 13.7 Å². The summed E-state index contributed by atoms with van der Waals surface area (Å²) >= 11 is 0. The van der Waals surface area contributed by atoms with Crippen molar-refractivity contribution < 1.29 is 43.1 Å². The lowest BCUT2D eigenvalue weighted by atomic mass is 10.6. The normalized spacial score (nSPS) is 15.2. The van der Waals surface area contributed by atoms with Crippen LogP contribution in [0.4, 0.5) is 0 Å². The van der Waals surface area contributed by atoms with Crippen molar-refractivity contribution in [2.75, 3.05) is 12.3 Å². The van der Waals surface area contributed by atoms with Gasteiger partial charge in [-0.2, -0.15) is 0 Å². The van der Waals surface area contributed by atoms with Gasteiger partial charge in [0.15, 0.2) is 0 Å². The SMILES string of the molecule is O=P(O)(O)C/C=C(/CP(=O)(O)O)P(=O)(O)O. The highest BCUT2D eigenvalue weighted by Crippen LogP contribution is 2.52. The highest BCUT2D eigenvalue weighted by molar-refractivity contribution is 7.60. The first kappa shape index (κ1) is 16.2. The molecule has 0 aliphatic heterocycles. The van der Waals surface area contributed by atoms with E-state index in [2.05, 4.69) is 0 Å². The molecule has 0 aromatic carbocycles. The quantitative estimate of drug-likeness (QED) is 0.362. The van der Waals surface area contributed by atoms with Gasteiger partial charge in [-0.15, -0.1) is 0 Å². The van der Waals surface area contributed by atoms with Crippen LogP contribution < -0.4 is 0 Å². The molecule has 0 fully saturated rings. The second kappa shape index (κ2) is 5.23. The van der Waals surface area contributed by atoms with E-state index >= 15 is 0 Å². The average molecular weight is 296 g/mol. The highest BCUT2D eigenvalue weighted by atomic mass is 31.2. The number of allylic oxidation sites excluding steroid dienone is 2. The molecule has 0 rings (SSSR count). The van der Waals surface area contributed by atoms with Gasteiger partial charge in [0.1, 0.15) is 0 Å². The number of hydrogen-bond acceptors (Lipinski definition) is 3. The molecular formula is C4H11O9P3. The van der Waals surface area contributed by atoms with Gasteiger partial charge in [0.25, 0.3) is 0 Å². The van der Waals surface area contributed by atoms with Crippen molar-refractivity contribution in [2.45, 2.75) is 0 Å². The fraction of sp³-hybridized carbons (Fsp3) is 0.500. The summed E-state index contributed by atoms with van der Waals surface area (Å²) in [5.41, 5.74) is 0. The predicted octanol–water partition coefficient (Wildman–Crippen LogP) is -0.597. The molecule has 0 atom stereocenters. The zero-order chi connectivity index (χ0) is 13.2. The lowest BCUT2D eigenvalue weighted by molar-refractivity contribution is 0.366. The molecule has 12 heteroatoms. The van der Waals surface area contributed by atoms with E-state index in [-0.39, 0.29) is 0 Å². The fourth-order valence-electron chi connectivity index (χ4n) is 0.711. The molecule has 9 nitrogen and oxygen atoms in total. The third kappa shape index (κ3) is 8.35.